The van der Waals surface area contributed by atoms with Crippen molar-refractivity contribution in [3.8, 4) is 0 Å². The number of carbonyl (C=O) groups is 1. The Labute approximate surface area is 315 Å². The van der Waals surface area contributed by atoms with Gasteiger partial charge in [-0.25, -0.2) is 9.10 Å². The van der Waals surface area contributed by atoms with Crippen molar-refractivity contribution in [1.82, 2.24) is 14.5 Å². The Balaban J connectivity index is 1.00. The van der Waals surface area contributed by atoms with Crippen LogP contribution in [0.2, 0.25) is 0 Å². The summed E-state index contributed by atoms with van der Waals surface area (Å²) in [7, 11) is -2.07. The Morgan fingerprint density at radius 2 is 1.62 bits per heavy atom. The van der Waals surface area contributed by atoms with E-state index in [9.17, 15) is 14.1 Å². The molecule has 4 saturated carbocycles. The molecule has 2 heterocycles. The van der Waals surface area contributed by atoms with Crippen molar-refractivity contribution in [2.75, 3.05) is 45.5 Å². The van der Waals surface area contributed by atoms with Crippen molar-refractivity contribution >= 4 is 27.1 Å². The molecule has 0 bridgehead atoms. The highest BCUT2D eigenvalue weighted by atomic mass is 32.2. The molecule has 10 atom stereocenters. The predicted molar refractivity (Wildman–Crippen MR) is 216 cm³/mol. The fraction of sp³-hybridized carbons (Fsp3) is 0.733. The molecule has 286 valence electrons. The van der Waals surface area contributed by atoms with Gasteiger partial charge in [0.25, 0.3) is 0 Å². The zero-order chi connectivity index (χ0) is 37.3. The molecule has 0 aromatic heterocycles. The van der Waals surface area contributed by atoms with E-state index in [-0.39, 0.29) is 16.4 Å². The third kappa shape index (κ3) is 5.28. The lowest BCUT2D eigenvalue weighted by atomic mass is 9.33. The molecule has 7 aliphatic rings. The van der Waals surface area contributed by atoms with Crippen LogP contribution in [0.25, 0.3) is 5.57 Å². The largest absolute Gasteiger partial charge is 0.478 e. The normalized spacial score (nSPS) is 43.1. The van der Waals surface area contributed by atoms with Crippen molar-refractivity contribution in [3.05, 3.63) is 53.6 Å². The fourth-order valence-electron chi connectivity index (χ4n) is 15.0. The van der Waals surface area contributed by atoms with Gasteiger partial charge in [0.05, 0.1) is 5.56 Å². The van der Waals surface area contributed by atoms with Crippen LogP contribution in [0.3, 0.4) is 0 Å². The van der Waals surface area contributed by atoms with E-state index in [1.807, 2.05) is 12.1 Å². The minimum absolute atomic E-state index is 0.0258. The summed E-state index contributed by atoms with van der Waals surface area (Å²) in [5.74, 6) is 6.32. The molecule has 2 aliphatic heterocycles. The second kappa shape index (κ2) is 12.0. The molecule has 8 rings (SSSR count). The second-order valence-corrected chi connectivity index (χ2v) is 23.1. The number of rotatable bonds is 8. The first kappa shape index (κ1) is 37.0. The molecule has 5 aliphatic carbocycles. The van der Waals surface area contributed by atoms with Gasteiger partial charge in [-0.1, -0.05) is 65.0 Å². The van der Waals surface area contributed by atoms with Crippen LogP contribution in [0.15, 0.2) is 42.5 Å². The van der Waals surface area contributed by atoms with E-state index in [0.717, 1.165) is 51.6 Å². The molecule has 52 heavy (non-hydrogen) atoms. The number of hydrogen-bond donors (Lipinski definition) is 2. The highest BCUT2D eigenvalue weighted by Gasteiger charge is 2.70. The van der Waals surface area contributed by atoms with Crippen LogP contribution in [-0.2, 0) is 9.71 Å². The second-order valence-electron chi connectivity index (χ2n) is 20.7. The number of nitrogens with one attached hydrogen (secondary N) is 1. The number of carboxylic acids is 1. The predicted octanol–water partition coefficient (Wildman–Crippen LogP) is 8.26. The van der Waals surface area contributed by atoms with E-state index in [2.05, 4.69) is 74.6 Å². The molecule has 7 heteroatoms. The van der Waals surface area contributed by atoms with Crippen LogP contribution in [0.1, 0.15) is 115 Å². The third-order valence-electron chi connectivity index (χ3n) is 17.7. The lowest BCUT2D eigenvalue weighted by Crippen LogP contribution is -2.73. The van der Waals surface area contributed by atoms with Crippen molar-refractivity contribution in [2.24, 2.45) is 56.7 Å². The van der Waals surface area contributed by atoms with Crippen LogP contribution in [0.4, 0.5) is 0 Å². The lowest BCUT2D eigenvalue weighted by molar-refractivity contribution is -0.219. The molecule has 1 aromatic rings. The van der Waals surface area contributed by atoms with E-state index < -0.39 is 15.7 Å². The van der Waals surface area contributed by atoms with Gasteiger partial charge in [-0.3, -0.25) is 4.21 Å². The fourth-order valence-corrected chi connectivity index (χ4v) is 16.1. The molecule has 1 spiro atoms. The minimum atomic E-state index is -2.07. The number of allylic oxidation sites excluding steroid dienone is 3. The summed E-state index contributed by atoms with van der Waals surface area (Å²) in [5, 5.41) is 13.8. The molecule has 2 N–H and O–H groups in total. The van der Waals surface area contributed by atoms with Gasteiger partial charge in [0.1, 0.15) is 0 Å². The van der Waals surface area contributed by atoms with Gasteiger partial charge in [0.15, 0.2) is 0 Å². The van der Waals surface area contributed by atoms with Crippen LogP contribution in [0.5, 0.6) is 0 Å². The summed E-state index contributed by atoms with van der Waals surface area (Å²) in [4.78, 5) is 14.2. The maximum atomic E-state index is 12.4. The average molecular weight is 730 g/mol. The maximum Gasteiger partial charge on any atom is 0.335 e. The van der Waals surface area contributed by atoms with Crippen LogP contribution < -0.4 is 5.32 Å². The van der Waals surface area contributed by atoms with Gasteiger partial charge >= 0.3 is 5.97 Å². The first-order chi connectivity index (χ1) is 24.3. The van der Waals surface area contributed by atoms with Crippen molar-refractivity contribution in [3.63, 3.8) is 0 Å². The minimum Gasteiger partial charge on any atom is -0.478 e. The molecule has 0 radical (unpaired) electrons. The summed E-state index contributed by atoms with van der Waals surface area (Å²) < 4.78 is 14.5. The number of benzene rings is 1. The van der Waals surface area contributed by atoms with E-state index in [1.165, 1.54) is 68.1 Å². The van der Waals surface area contributed by atoms with Gasteiger partial charge in [-0.05, 0) is 145 Å². The van der Waals surface area contributed by atoms with E-state index in [1.54, 1.807) is 18.4 Å². The molecule has 6 nitrogen and oxygen atoms in total. The molecule has 0 amide bonds. The highest BCUT2D eigenvalue weighted by molar-refractivity contribution is 7.97. The topological polar surface area (TPSA) is 72.9 Å². The monoisotopic (exact) mass is 729 g/mol. The molecular weight excluding hydrogens is 663 g/mol. The Bertz CT molecular complexity index is 1770. The number of likely N-dealkylation sites (tertiary alicyclic amines) is 1. The summed E-state index contributed by atoms with van der Waals surface area (Å²) in [6.07, 6.45) is 15.8. The van der Waals surface area contributed by atoms with Crippen LogP contribution in [-0.4, -0.2) is 81.4 Å². The van der Waals surface area contributed by atoms with Gasteiger partial charge in [0.2, 0.25) is 0 Å². The Morgan fingerprint density at radius 1 is 0.923 bits per heavy atom. The molecule has 1 unspecified atom stereocenters. The highest BCUT2D eigenvalue weighted by Crippen LogP contribution is 2.76. The van der Waals surface area contributed by atoms with E-state index in [4.69, 9.17) is 0 Å². The molecule has 6 fully saturated rings. The van der Waals surface area contributed by atoms with Gasteiger partial charge in [-0.15, -0.1) is 0 Å². The van der Waals surface area contributed by atoms with Gasteiger partial charge in [-0.2, -0.15) is 0 Å². The average Bonchev–Trinajstić information content (AvgIpc) is 3.41. The molecule has 1 aromatic carbocycles. The third-order valence-corrected chi connectivity index (χ3v) is 19.0. The number of aromatic carboxylic acids is 1. The number of nitrogens with zero attached hydrogens (tertiary/aromatic N) is 2. The van der Waals surface area contributed by atoms with Gasteiger partial charge < -0.3 is 15.3 Å². The van der Waals surface area contributed by atoms with Crippen LogP contribution >= 0.6 is 0 Å². The number of hydrogen-bond acceptors (Lipinski definition) is 4. The lowest BCUT2D eigenvalue weighted by Gasteiger charge is -2.72. The summed E-state index contributed by atoms with van der Waals surface area (Å²) in [6, 6.07) is 7.64. The quantitative estimate of drug-likeness (QED) is 0.208. The van der Waals surface area contributed by atoms with Crippen molar-refractivity contribution in [1.29, 1.82) is 0 Å². The number of fused-ring (bicyclic) bond motifs is 7. The van der Waals surface area contributed by atoms with Gasteiger partial charge in [0, 0.05) is 66.2 Å². The standard InChI is InChI=1S/C45H67N3O3S/c1-30(2)33-16-21-45(46-24-25-47-26-44(27-47)28-48(29-44)52(8,9)51)23-22-42(6)35(38(33)45)14-15-37-41(5)19-17-34(31-10-12-32(13-11-31)39(49)50)40(3,4)36(41)18-20-43(37,42)7/h10-13,17,33,35-38,46H,1,8,14-16,18-29H2,2-7,9H3,(H,49,50)/t33-,35+,36-,37+,38+,41-,42+,43+,45-,52?/m0/s1. The first-order valence-corrected chi connectivity index (χ1v) is 22.6. The first-order valence-electron chi connectivity index (χ1n) is 20.5. The summed E-state index contributed by atoms with van der Waals surface area (Å²) >= 11 is 0. The SMILES string of the molecule is C=C(C)[C@@H]1CC[C@]2(NCCN3CC4(C3)CN(S(=C)(C)=O)C4)CC[C@]3(C)[C@H](CC[C@@H]4[C@@]5(C)CC=C(c6ccc(C(=O)O)cc6)C(C)(C)[C@@H]5CC[C@]43C)[C@@H]12. The van der Waals surface area contributed by atoms with E-state index in [0.29, 0.717) is 45.5 Å². The Morgan fingerprint density at radius 3 is 2.25 bits per heavy atom. The van der Waals surface area contributed by atoms with E-state index >= 15 is 0 Å². The Kier molecular flexibility index (Phi) is 8.57. The van der Waals surface area contributed by atoms with Crippen molar-refractivity contribution < 1.29 is 14.1 Å². The number of carboxylic acid groups (broad SMARTS) is 1. The Hall–Kier alpha value is -1.93. The summed E-state index contributed by atoms with van der Waals surface area (Å²) in [6.45, 7) is 26.4. The molecule has 2 saturated heterocycles. The maximum absolute atomic E-state index is 12.4. The molecular formula is C45H67N3O3S. The zero-order valence-corrected chi connectivity index (χ0v) is 34.2. The smallest absolute Gasteiger partial charge is 0.335 e. The van der Waals surface area contributed by atoms with Crippen LogP contribution in [0, 0.1) is 56.7 Å². The summed E-state index contributed by atoms with van der Waals surface area (Å²) in [5.41, 5.74) is 5.82. The van der Waals surface area contributed by atoms with Crippen molar-refractivity contribution in [2.45, 2.75) is 105 Å². The zero-order valence-electron chi connectivity index (χ0n) is 33.4.